The van der Waals surface area contributed by atoms with E-state index >= 15 is 0 Å². The van der Waals surface area contributed by atoms with Crippen LogP contribution in [0, 0.1) is 12.8 Å². The quantitative estimate of drug-likeness (QED) is 0.895. The highest BCUT2D eigenvalue weighted by atomic mass is 16.2. The largest absolute Gasteiger partial charge is 0.370 e. The molecule has 1 amide bonds. The van der Waals surface area contributed by atoms with Crippen LogP contribution >= 0.6 is 0 Å². The summed E-state index contributed by atoms with van der Waals surface area (Å²) in [6.45, 7) is 4.13. The number of amides is 1. The standard InChI is InChI=1S/C18H22N4O2/c1-13-3-2-4-14(9-13)11-19-18(24)15-5-7-22(8-6-15)16-10-17(23)21-20-12-16/h2-4,9-10,12,15H,5-8,11H2,1H3,(H,19,24)(H,21,23). The zero-order valence-corrected chi connectivity index (χ0v) is 13.8. The Bertz CT molecular complexity index is 763. The van der Waals surface area contributed by atoms with Crippen molar-refractivity contribution in [1.82, 2.24) is 15.5 Å². The van der Waals surface area contributed by atoms with Gasteiger partial charge >= 0.3 is 0 Å². The molecule has 2 N–H and O–H groups in total. The number of carbonyl (C=O) groups excluding carboxylic acids is 1. The molecule has 0 bridgehead atoms. The molecule has 24 heavy (non-hydrogen) atoms. The number of nitrogens with zero attached hydrogens (tertiary/aromatic N) is 2. The lowest BCUT2D eigenvalue weighted by Crippen LogP contribution is -2.40. The summed E-state index contributed by atoms with van der Waals surface area (Å²) in [5.41, 5.74) is 2.93. The maximum Gasteiger partial charge on any atom is 0.266 e. The molecule has 0 spiro atoms. The van der Waals surface area contributed by atoms with Gasteiger partial charge in [0, 0.05) is 31.6 Å². The van der Waals surface area contributed by atoms with Crippen LogP contribution in [-0.4, -0.2) is 29.2 Å². The molecule has 1 aromatic heterocycles. The summed E-state index contributed by atoms with van der Waals surface area (Å²) >= 11 is 0. The number of nitrogens with one attached hydrogen (secondary N) is 2. The van der Waals surface area contributed by atoms with Crippen molar-refractivity contribution in [3.05, 3.63) is 58.0 Å². The second-order valence-electron chi connectivity index (χ2n) is 6.27. The lowest BCUT2D eigenvalue weighted by Gasteiger charge is -2.32. The van der Waals surface area contributed by atoms with Gasteiger partial charge in [0.2, 0.25) is 5.91 Å². The van der Waals surface area contributed by atoms with Crippen molar-refractivity contribution in [2.45, 2.75) is 26.3 Å². The van der Waals surface area contributed by atoms with Gasteiger partial charge in [-0.3, -0.25) is 9.59 Å². The van der Waals surface area contributed by atoms with Gasteiger partial charge in [0.25, 0.3) is 5.56 Å². The molecule has 1 aliphatic heterocycles. The molecule has 2 heterocycles. The number of piperidine rings is 1. The normalized spacial score (nSPS) is 15.3. The van der Waals surface area contributed by atoms with Crippen molar-refractivity contribution < 1.29 is 4.79 Å². The van der Waals surface area contributed by atoms with Crippen LogP contribution in [0.2, 0.25) is 0 Å². The van der Waals surface area contributed by atoms with Gasteiger partial charge in [0.05, 0.1) is 11.9 Å². The Labute approximate surface area is 140 Å². The minimum atomic E-state index is -0.203. The molecular weight excluding hydrogens is 304 g/mol. The van der Waals surface area contributed by atoms with Gasteiger partial charge in [0.1, 0.15) is 0 Å². The molecule has 1 aromatic carbocycles. The molecule has 1 aliphatic rings. The van der Waals surface area contributed by atoms with Crippen LogP contribution in [-0.2, 0) is 11.3 Å². The molecule has 1 saturated heterocycles. The molecule has 1 fully saturated rings. The number of hydrogen-bond donors (Lipinski definition) is 2. The molecule has 0 atom stereocenters. The van der Waals surface area contributed by atoms with Crippen molar-refractivity contribution in [2.75, 3.05) is 18.0 Å². The number of benzene rings is 1. The van der Waals surface area contributed by atoms with E-state index in [0.717, 1.165) is 37.2 Å². The minimum absolute atomic E-state index is 0.0287. The summed E-state index contributed by atoms with van der Waals surface area (Å²) in [4.78, 5) is 25.8. The average molecular weight is 326 g/mol. The summed E-state index contributed by atoms with van der Waals surface area (Å²) in [6.07, 6.45) is 3.22. The number of aromatic nitrogens is 2. The molecule has 0 radical (unpaired) electrons. The first kappa shape index (κ1) is 16.2. The van der Waals surface area contributed by atoms with Gasteiger partial charge in [-0.1, -0.05) is 29.8 Å². The smallest absolute Gasteiger partial charge is 0.266 e. The van der Waals surface area contributed by atoms with E-state index in [1.807, 2.05) is 25.1 Å². The molecule has 126 valence electrons. The van der Waals surface area contributed by atoms with E-state index < -0.39 is 0 Å². The maximum atomic E-state index is 12.4. The highest BCUT2D eigenvalue weighted by Crippen LogP contribution is 2.22. The Morgan fingerprint density at radius 1 is 1.33 bits per heavy atom. The van der Waals surface area contributed by atoms with Crippen LogP contribution in [0.5, 0.6) is 0 Å². The molecule has 0 saturated carbocycles. The predicted octanol–water partition coefficient (Wildman–Crippen LogP) is 1.61. The van der Waals surface area contributed by atoms with Gasteiger partial charge in [0.15, 0.2) is 0 Å². The average Bonchev–Trinajstić information content (AvgIpc) is 2.60. The van der Waals surface area contributed by atoms with Crippen molar-refractivity contribution in [1.29, 1.82) is 0 Å². The van der Waals surface area contributed by atoms with Crippen molar-refractivity contribution in [3.8, 4) is 0 Å². The van der Waals surface area contributed by atoms with Gasteiger partial charge in [-0.15, -0.1) is 0 Å². The fourth-order valence-electron chi connectivity index (χ4n) is 3.09. The minimum Gasteiger partial charge on any atom is -0.370 e. The molecule has 0 unspecified atom stereocenters. The Kier molecular flexibility index (Phi) is 4.93. The van der Waals surface area contributed by atoms with E-state index in [0.29, 0.717) is 6.54 Å². The van der Waals surface area contributed by atoms with Gasteiger partial charge in [-0.25, -0.2) is 5.10 Å². The summed E-state index contributed by atoms with van der Waals surface area (Å²) < 4.78 is 0. The first-order valence-corrected chi connectivity index (χ1v) is 8.25. The molecule has 6 nitrogen and oxygen atoms in total. The summed E-state index contributed by atoms with van der Waals surface area (Å²) in [7, 11) is 0. The number of hydrogen-bond acceptors (Lipinski definition) is 4. The number of anilines is 1. The van der Waals surface area contributed by atoms with Crippen molar-refractivity contribution in [2.24, 2.45) is 5.92 Å². The monoisotopic (exact) mass is 326 g/mol. The summed E-state index contributed by atoms with van der Waals surface area (Å²) in [5.74, 6) is 0.140. The van der Waals surface area contributed by atoms with Crippen molar-refractivity contribution >= 4 is 11.6 Å². The Balaban J connectivity index is 1.51. The first-order valence-electron chi connectivity index (χ1n) is 8.25. The number of H-pyrrole nitrogens is 1. The number of rotatable bonds is 4. The lowest BCUT2D eigenvalue weighted by molar-refractivity contribution is -0.125. The highest BCUT2D eigenvalue weighted by Gasteiger charge is 2.25. The molecule has 3 rings (SSSR count). The van der Waals surface area contributed by atoms with E-state index in [1.165, 1.54) is 5.56 Å². The maximum absolute atomic E-state index is 12.4. The van der Waals surface area contributed by atoms with Crippen LogP contribution in [0.3, 0.4) is 0 Å². The second kappa shape index (κ2) is 7.29. The highest BCUT2D eigenvalue weighted by molar-refractivity contribution is 5.79. The number of aromatic amines is 1. The third-order valence-corrected chi connectivity index (χ3v) is 4.43. The van der Waals surface area contributed by atoms with E-state index in [2.05, 4.69) is 26.5 Å². The zero-order valence-electron chi connectivity index (χ0n) is 13.8. The van der Waals surface area contributed by atoms with Crippen LogP contribution in [0.25, 0.3) is 0 Å². The van der Waals surface area contributed by atoms with Crippen molar-refractivity contribution in [3.63, 3.8) is 0 Å². The Morgan fingerprint density at radius 3 is 2.83 bits per heavy atom. The van der Waals surface area contributed by atoms with E-state index in [9.17, 15) is 9.59 Å². The van der Waals surface area contributed by atoms with Gasteiger partial charge in [-0.2, -0.15) is 5.10 Å². The Morgan fingerprint density at radius 2 is 2.12 bits per heavy atom. The predicted molar refractivity (Wildman–Crippen MR) is 92.8 cm³/mol. The Hall–Kier alpha value is -2.63. The second-order valence-corrected chi connectivity index (χ2v) is 6.27. The first-order chi connectivity index (χ1) is 11.6. The third kappa shape index (κ3) is 4.01. The van der Waals surface area contributed by atoms with E-state index in [4.69, 9.17) is 0 Å². The third-order valence-electron chi connectivity index (χ3n) is 4.43. The zero-order chi connectivity index (χ0) is 16.9. The molecular formula is C18H22N4O2. The summed E-state index contributed by atoms with van der Waals surface area (Å²) in [5, 5.41) is 9.24. The van der Waals surface area contributed by atoms with Crippen LogP contribution in [0.1, 0.15) is 24.0 Å². The van der Waals surface area contributed by atoms with Gasteiger partial charge < -0.3 is 10.2 Å². The number of aryl methyl sites for hydroxylation is 1. The fourth-order valence-corrected chi connectivity index (χ4v) is 3.09. The lowest BCUT2D eigenvalue weighted by atomic mass is 9.95. The van der Waals surface area contributed by atoms with Crippen LogP contribution in [0.4, 0.5) is 5.69 Å². The molecule has 0 aliphatic carbocycles. The SMILES string of the molecule is Cc1cccc(CNC(=O)C2CCN(c3cn[nH]c(=O)c3)CC2)c1. The van der Waals surface area contributed by atoms with E-state index in [-0.39, 0.29) is 17.4 Å². The fraction of sp³-hybridized carbons (Fsp3) is 0.389. The van der Waals surface area contributed by atoms with E-state index in [1.54, 1.807) is 12.3 Å². The molecule has 6 heteroatoms. The van der Waals surface area contributed by atoms with Gasteiger partial charge in [-0.05, 0) is 25.3 Å². The van der Waals surface area contributed by atoms with Crippen LogP contribution in [0.15, 0.2) is 41.3 Å². The molecule has 2 aromatic rings. The topological polar surface area (TPSA) is 78.1 Å². The number of carbonyl (C=O) groups is 1. The van der Waals surface area contributed by atoms with Crippen LogP contribution < -0.4 is 15.8 Å². The summed E-state index contributed by atoms with van der Waals surface area (Å²) in [6, 6.07) is 9.71.